The lowest BCUT2D eigenvalue weighted by Gasteiger charge is -2.15. The smallest absolute Gasteiger partial charge is 0.243 e. The number of allylic oxidation sites excluding steroid dienone is 1. The van der Waals surface area contributed by atoms with E-state index in [1.54, 1.807) is 6.08 Å². The van der Waals surface area contributed by atoms with Gasteiger partial charge in [0.25, 0.3) is 0 Å². The molecule has 0 aliphatic heterocycles. The molecule has 0 aliphatic rings. The van der Waals surface area contributed by atoms with Crippen molar-refractivity contribution in [1.82, 2.24) is 5.06 Å². The summed E-state index contributed by atoms with van der Waals surface area (Å²) >= 11 is 0. The summed E-state index contributed by atoms with van der Waals surface area (Å²) in [6.07, 6.45) is 8.67. The van der Waals surface area contributed by atoms with E-state index < -0.39 is 0 Å². The van der Waals surface area contributed by atoms with Gasteiger partial charge in [-0.15, -0.1) is 6.42 Å². The minimum Gasteiger partial charge on any atom is -0.273 e. The third-order valence-corrected chi connectivity index (χ3v) is 1.15. The molecule has 0 N–H and O–H groups in total. The van der Waals surface area contributed by atoms with Crippen LogP contribution in [0.15, 0.2) is 12.2 Å². The maximum absolute atomic E-state index is 10.8. The highest BCUT2D eigenvalue weighted by molar-refractivity contribution is 5.72. The Hall–Kier alpha value is -1.27. The van der Waals surface area contributed by atoms with Gasteiger partial charge in [0.05, 0.1) is 6.61 Å². The fourth-order valence-corrected chi connectivity index (χ4v) is 0.560. The van der Waals surface area contributed by atoms with E-state index >= 15 is 0 Å². The second-order valence-electron chi connectivity index (χ2n) is 2.12. The van der Waals surface area contributed by atoms with Crippen molar-refractivity contribution in [3.05, 3.63) is 12.2 Å². The monoisotopic (exact) mass is 167 g/mol. The predicted molar refractivity (Wildman–Crippen MR) is 47.0 cm³/mol. The zero-order valence-corrected chi connectivity index (χ0v) is 7.41. The van der Waals surface area contributed by atoms with Crippen LogP contribution in [0.3, 0.4) is 0 Å². The first-order chi connectivity index (χ1) is 5.72. The van der Waals surface area contributed by atoms with Gasteiger partial charge in [0.1, 0.15) is 6.54 Å². The minimum absolute atomic E-state index is 0.183. The van der Waals surface area contributed by atoms with E-state index in [2.05, 4.69) is 5.92 Å². The maximum atomic E-state index is 10.8. The Labute approximate surface area is 73.0 Å². The van der Waals surface area contributed by atoms with Gasteiger partial charge < -0.3 is 0 Å². The summed E-state index contributed by atoms with van der Waals surface area (Å²) < 4.78 is 0. The van der Waals surface area contributed by atoms with Gasteiger partial charge >= 0.3 is 0 Å². The largest absolute Gasteiger partial charge is 0.273 e. The van der Waals surface area contributed by atoms with Gasteiger partial charge in [-0.05, 0) is 6.92 Å². The van der Waals surface area contributed by atoms with Gasteiger partial charge in [0.15, 0.2) is 0 Å². The Morgan fingerprint density at radius 2 is 2.42 bits per heavy atom. The van der Waals surface area contributed by atoms with E-state index in [4.69, 9.17) is 11.3 Å². The summed E-state index contributed by atoms with van der Waals surface area (Å²) in [5.74, 6) is 2.15. The van der Waals surface area contributed by atoms with Crippen LogP contribution in [-0.2, 0) is 9.63 Å². The zero-order chi connectivity index (χ0) is 9.40. The van der Waals surface area contributed by atoms with Crippen molar-refractivity contribution in [1.29, 1.82) is 0 Å². The summed E-state index contributed by atoms with van der Waals surface area (Å²) in [6, 6.07) is 0. The van der Waals surface area contributed by atoms with E-state index in [0.717, 1.165) is 5.06 Å². The molecule has 66 valence electrons. The number of carbonyl (C=O) groups is 1. The first-order valence-corrected chi connectivity index (χ1v) is 3.68. The lowest BCUT2D eigenvalue weighted by atomic mass is 10.5. The Balaban J connectivity index is 3.81. The number of rotatable bonds is 4. The molecule has 0 atom stereocenters. The van der Waals surface area contributed by atoms with E-state index in [1.807, 2.05) is 13.0 Å². The molecule has 0 heterocycles. The highest BCUT2D eigenvalue weighted by Gasteiger charge is 2.05. The van der Waals surface area contributed by atoms with Crippen molar-refractivity contribution in [2.45, 2.75) is 13.8 Å². The number of amides is 1. The quantitative estimate of drug-likeness (QED) is 0.355. The van der Waals surface area contributed by atoms with Crippen molar-refractivity contribution < 1.29 is 9.63 Å². The van der Waals surface area contributed by atoms with Gasteiger partial charge in [0, 0.05) is 6.92 Å². The van der Waals surface area contributed by atoms with E-state index in [-0.39, 0.29) is 12.5 Å². The minimum atomic E-state index is -0.183. The van der Waals surface area contributed by atoms with Crippen LogP contribution >= 0.6 is 0 Å². The van der Waals surface area contributed by atoms with Crippen molar-refractivity contribution in [2.75, 3.05) is 13.2 Å². The number of terminal acetylenes is 1. The molecule has 3 heteroatoms. The average molecular weight is 167 g/mol. The van der Waals surface area contributed by atoms with E-state index in [0.29, 0.717) is 6.61 Å². The second-order valence-corrected chi connectivity index (χ2v) is 2.12. The third-order valence-electron chi connectivity index (χ3n) is 1.15. The second kappa shape index (κ2) is 6.44. The van der Waals surface area contributed by atoms with Crippen LogP contribution in [0.5, 0.6) is 0 Å². The average Bonchev–Trinajstić information content (AvgIpc) is 2.03. The van der Waals surface area contributed by atoms with Crippen LogP contribution in [-0.4, -0.2) is 24.1 Å². The molecule has 0 fully saturated rings. The summed E-state index contributed by atoms with van der Waals surface area (Å²) in [6.45, 7) is 3.85. The molecule has 0 bridgehead atoms. The molecule has 0 aromatic rings. The molecule has 1 amide bonds. The van der Waals surface area contributed by atoms with Crippen LogP contribution in [0.1, 0.15) is 13.8 Å². The highest BCUT2D eigenvalue weighted by Crippen LogP contribution is 1.90. The molecule has 0 spiro atoms. The Morgan fingerprint density at radius 1 is 1.75 bits per heavy atom. The molecular weight excluding hydrogens is 154 g/mol. The summed E-state index contributed by atoms with van der Waals surface area (Å²) in [4.78, 5) is 15.8. The Kier molecular flexibility index (Phi) is 5.76. The van der Waals surface area contributed by atoms with E-state index in [1.165, 1.54) is 6.92 Å². The van der Waals surface area contributed by atoms with Gasteiger partial charge in [-0.25, -0.2) is 5.06 Å². The highest BCUT2D eigenvalue weighted by atomic mass is 16.7. The fraction of sp³-hybridized carbons (Fsp3) is 0.444. The lowest BCUT2D eigenvalue weighted by molar-refractivity contribution is -0.175. The summed E-state index contributed by atoms with van der Waals surface area (Å²) in [7, 11) is 0. The standard InChI is InChI=1S/C9H13NO2/c1-4-6-8-12-10(7-5-2)9(3)11/h2,4,6H,7-8H2,1,3H3/b6-4+. The molecule has 0 rings (SSSR count). The Morgan fingerprint density at radius 3 is 2.83 bits per heavy atom. The topological polar surface area (TPSA) is 29.5 Å². The van der Waals surface area contributed by atoms with E-state index in [9.17, 15) is 4.79 Å². The number of nitrogens with zero attached hydrogens (tertiary/aromatic N) is 1. The number of hydroxylamine groups is 2. The van der Waals surface area contributed by atoms with Gasteiger partial charge in [-0.2, -0.15) is 0 Å². The normalized spacial score (nSPS) is 9.75. The molecule has 12 heavy (non-hydrogen) atoms. The number of hydrogen-bond acceptors (Lipinski definition) is 2. The predicted octanol–water partition coefficient (Wildman–Crippen LogP) is 0.976. The molecule has 3 nitrogen and oxygen atoms in total. The molecule has 0 aromatic carbocycles. The van der Waals surface area contributed by atoms with Crippen molar-refractivity contribution >= 4 is 5.91 Å². The van der Waals surface area contributed by atoms with Crippen LogP contribution in [0.2, 0.25) is 0 Å². The van der Waals surface area contributed by atoms with Crippen LogP contribution < -0.4 is 0 Å². The lowest BCUT2D eigenvalue weighted by Crippen LogP contribution is -2.29. The summed E-state index contributed by atoms with van der Waals surface area (Å²) in [5.41, 5.74) is 0. The summed E-state index contributed by atoms with van der Waals surface area (Å²) in [5, 5.41) is 1.15. The first kappa shape index (κ1) is 10.7. The molecule has 0 aromatic heterocycles. The van der Waals surface area contributed by atoms with Crippen molar-refractivity contribution in [2.24, 2.45) is 0 Å². The van der Waals surface area contributed by atoms with Gasteiger partial charge in [-0.1, -0.05) is 18.1 Å². The van der Waals surface area contributed by atoms with Crippen molar-refractivity contribution in [3.63, 3.8) is 0 Å². The maximum Gasteiger partial charge on any atom is 0.243 e. The van der Waals surface area contributed by atoms with Crippen LogP contribution in [0.25, 0.3) is 0 Å². The first-order valence-electron chi connectivity index (χ1n) is 3.68. The molecule has 0 unspecified atom stereocenters. The SMILES string of the molecule is C#CCN(OC/C=C/C)C(C)=O. The third kappa shape index (κ3) is 4.53. The molecule has 0 saturated carbocycles. The van der Waals surface area contributed by atoms with Crippen LogP contribution in [0, 0.1) is 12.3 Å². The molecule has 0 radical (unpaired) electrons. The van der Waals surface area contributed by atoms with Gasteiger partial charge in [0.2, 0.25) is 5.91 Å². The van der Waals surface area contributed by atoms with Crippen LogP contribution in [0.4, 0.5) is 0 Å². The molecule has 0 aliphatic carbocycles. The number of carbonyl (C=O) groups excluding carboxylic acids is 1. The molecular formula is C9H13NO2. The fourth-order valence-electron chi connectivity index (χ4n) is 0.560. The number of hydrogen-bond donors (Lipinski definition) is 0. The molecule has 0 saturated heterocycles. The van der Waals surface area contributed by atoms with Gasteiger partial charge in [-0.3, -0.25) is 9.63 Å². The van der Waals surface area contributed by atoms with Crippen molar-refractivity contribution in [3.8, 4) is 12.3 Å². The zero-order valence-electron chi connectivity index (χ0n) is 7.41. The Bertz CT molecular complexity index is 203.